The third kappa shape index (κ3) is 3.66. The van der Waals surface area contributed by atoms with E-state index in [2.05, 4.69) is 0 Å². The highest BCUT2D eigenvalue weighted by Gasteiger charge is 2.21. The van der Waals surface area contributed by atoms with Gasteiger partial charge in [-0.25, -0.2) is 22.3 Å². The van der Waals surface area contributed by atoms with Gasteiger partial charge in [0.05, 0.1) is 0 Å². The molecule has 100 valence electrons. The van der Waals surface area contributed by atoms with Crippen LogP contribution < -0.4 is 9.88 Å². The van der Waals surface area contributed by atoms with Crippen LogP contribution in [0.5, 0.6) is 5.75 Å². The second-order valence-corrected chi connectivity index (χ2v) is 5.25. The van der Waals surface area contributed by atoms with Gasteiger partial charge in [0, 0.05) is 11.6 Å². The van der Waals surface area contributed by atoms with Crippen LogP contribution in [0.3, 0.4) is 0 Å². The zero-order valence-electron chi connectivity index (χ0n) is 9.28. The summed E-state index contributed by atoms with van der Waals surface area (Å²) in [5.74, 6) is -2.84. The van der Waals surface area contributed by atoms with Crippen molar-refractivity contribution < 1.29 is 21.9 Å². The van der Waals surface area contributed by atoms with E-state index in [-0.39, 0.29) is 6.61 Å². The van der Waals surface area contributed by atoms with Crippen molar-refractivity contribution in [3.63, 3.8) is 0 Å². The van der Waals surface area contributed by atoms with Gasteiger partial charge in [-0.05, 0) is 18.6 Å². The molecule has 0 saturated heterocycles. The average molecular weight is 298 g/mol. The summed E-state index contributed by atoms with van der Waals surface area (Å²) in [5.41, 5.74) is 1.72. The van der Waals surface area contributed by atoms with Gasteiger partial charge in [0.15, 0.2) is 11.6 Å². The third-order valence-electron chi connectivity index (χ3n) is 1.91. The first-order chi connectivity index (χ1) is 8.25. The van der Waals surface area contributed by atoms with Crippen LogP contribution in [0, 0.1) is 11.6 Å². The number of benzene rings is 1. The summed E-state index contributed by atoms with van der Waals surface area (Å²) in [6, 6.07) is 1.09. The molecule has 8 heteroatoms. The highest BCUT2D eigenvalue weighted by atomic mass is 35.5. The van der Waals surface area contributed by atoms with Gasteiger partial charge in [-0.2, -0.15) is 0 Å². The lowest BCUT2D eigenvalue weighted by Gasteiger charge is -2.11. The van der Waals surface area contributed by atoms with Crippen LogP contribution >= 0.6 is 11.6 Å². The van der Waals surface area contributed by atoms with Gasteiger partial charge < -0.3 is 4.74 Å². The molecule has 1 rings (SSSR count). The lowest BCUT2D eigenvalue weighted by Crippen LogP contribution is -2.15. The smallest absolute Gasteiger partial charge is 0.241 e. The summed E-state index contributed by atoms with van der Waals surface area (Å²) < 4.78 is 53.8. The molecular weight excluding hydrogens is 288 g/mol. The van der Waals surface area contributed by atoms with Gasteiger partial charge in [-0.15, -0.1) is 0 Å². The molecule has 0 fully saturated rings. The zero-order valence-corrected chi connectivity index (χ0v) is 10.9. The topological polar surface area (TPSA) is 69.4 Å². The molecule has 0 aliphatic heterocycles. The van der Waals surface area contributed by atoms with E-state index in [1.807, 2.05) is 0 Å². The fourth-order valence-corrected chi connectivity index (χ4v) is 1.86. The van der Waals surface area contributed by atoms with E-state index in [9.17, 15) is 17.2 Å². The molecule has 0 aliphatic rings. The highest BCUT2D eigenvalue weighted by molar-refractivity contribution is 7.89. The van der Waals surface area contributed by atoms with Crippen LogP contribution in [0.2, 0.25) is 0 Å². The first-order valence-corrected chi connectivity index (χ1v) is 6.64. The molecule has 0 atom stereocenters. The van der Waals surface area contributed by atoms with Crippen molar-refractivity contribution >= 4 is 21.6 Å². The van der Waals surface area contributed by atoms with Crippen LogP contribution in [-0.4, -0.2) is 15.0 Å². The van der Waals surface area contributed by atoms with Crippen LogP contribution in [-0.2, 0) is 10.0 Å². The number of hydrogen-bond acceptors (Lipinski definition) is 3. The molecule has 0 spiro atoms. The van der Waals surface area contributed by atoms with Gasteiger partial charge in [-0.3, -0.25) is 0 Å². The van der Waals surface area contributed by atoms with Crippen LogP contribution in [0.4, 0.5) is 8.78 Å². The van der Waals surface area contributed by atoms with E-state index >= 15 is 0 Å². The summed E-state index contributed by atoms with van der Waals surface area (Å²) in [5, 5.41) is 4.85. The average Bonchev–Trinajstić information content (AvgIpc) is 2.25. The van der Waals surface area contributed by atoms with E-state index in [1.165, 1.54) is 5.54 Å². The molecule has 1 aromatic rings. The SMILES string of the molecule is CC(=CCl)COc1c(F)cc(F)cc1S(N)(=O)=O. The van der Waals surface area contributed by atoms with E-state index in [1.54, 1.807) is 6.92 Å². The molecule has 0 aromatic heterocycles. The Labute approximate surface area is 108 Å². The number of hydrogen-bond donors (Lipinski definition) is 1. The lowest BCUT2D eigenvalue weighted by atomic mass is 10.3. The molecule has 0 heterocycles. The van der Waals surface area contributed by atoms with Crippen LogP contribution in [0.1, 0.15) is 6.92 Å². The van der Waals surface area contributed by atoms with Crippen molar-refractivity contribution in [2.24, 2.45) is 5.14 Å². The van der Waals surface area contributed by atoms with Crippen molar-refractivity contribution in [2.75, 3.05) is 6.61 Å². The monoisotopic (exact) mass is 297 g/mol. The predicted molar refractivity (Wildman–Crippen MR) is 62.8 cm³/mol. The van der Waals surface area contributed by atoms with Gasteiger partial charge >= 0.3 is 0 Å². The largest absolute Gasteiger partial charge is 0.485 e. The first-order valence-electron chi connectivity index (χ1n) is 4.66. The van der Waals surface area contributed by atoms with Crippen molar-refractivity contribution in [2.45, 2.75) is 11.8 Å². The molecule has 1 aromatic carbocycles. The molecule has 0 unspecified atom stereocenters. The molecule has 0 radical (unpaired) electrons. The number of halogens is 3. The van der Waals surface area contributed by atoms with Gasteiger partial charge in [0.2, 0.25) is 10.0 Å². The Morgan fingerprint density at radius 3 is 2.61 bits per heavy atom. The summed E-state index contributed by atoms with van der Waals surface area (Å²) in [6.07, 6.45) is 0. The fraction of sp³-hybridized carbons (Fsp3) is 0.200. The van der Waals surface area contributed by atoms with Gasteiger partial charge in [0.1, 0.15) is 17.3 Å². The Morgan fingerprint density at radius 2 is 2.11 bits per heavy atom. The zero-order chi connectivity index (χ0) is 13.9. The summed E-state index contributed by atoms with van der Waals surface area (Å²) >= 11 is 5.37. The van der Waals surface area contributed by atoms with E-state index in [0.717, 1.165) is 0 Å². The minimum atomic E-state index is -4.29. The minimum absolute atomic E-state index is 0.144. The molecule has 0 bridgehead atoms. The van der Waals surface area contributed by atoms with Crippen LogP contribution in [0.25, 0.3) is 0 Å². The fourth-order valence-electron chi connectivity index (χ4n) is 1.11. The Bertz CT molecular complexity index is 587. The summed E-state index contributed by atoms with van der Waals surface area (Å²) in [4.78, 5) is -0.748. The first kappa shape index (κ1) is 14.9. The third-order valence-corrected chi connectivity index (χ3v) is 3.20. The molecule has 18 heavy (non-hydrogen) atoms. The van der Waals surface area contributed by atoms with E-state index in [4.69, 9.17) is 21.5 Å². The number of rotatable bonds is 4. The number of sulfonamides is 1. The summed E-state index contributed by atoms with van der Waals surface area (Å²) in [7, 11) is -4.29. The van der Waals surface area contributed by atoms with Crippen LogP contribution in [0.15, 0.2) is 28.1 Å². The second-order valence-electron chi connectivity index (χ2n) is 3.50. The molecule has 0 amide bonds. The Hall–Kier alpha value is -1.18. The normalized spacial score (nSPS) is 12.6. The number of nitrogens with two attached hydrogens (primary N) is 1. The van der Waals surface area contributed by atoms with E-state index < -0.39 is 32.3 Å². The van der Waals surface area contributed by atoms with E-state index in [0.29, 0.717) is 17.7 Å². The molecule has 2 N–H and O–H groups in total. The standard InChI is InChI=1S/C10H10ClF2NO3S/c1-6(4-11)5-17-10-8(13)2-7(12)3-9(10)18(14,15)16/h2-4H,5H2,1H3,(H2,14,15,16). The Kier molecular flexibility index (Phi) is 4.66. The molecular formula is C10H10ClF2NO3S. The quantitative estimate of drug-likeness (QED) is 0.925. The lowest BCUT2D eigenvalue weighted by molar-refractivity contribution is 0.320. The summed E-state index contributed by atoms with van der Waals surface area (Å²) in [6.45, 7) is 1.44. The van der Waals surface area contributed by atoms with Crippen molar-refractivity contribution in [3.05, 3.63) is 34.9 Å². The Morgan fingerprint density at radius 1 is 1.50 bits per heavy atom. The minimum Gasteiger partial charge on any atom is -0.485 e. The molecule has 4 nitrogen and oxygen atoms in total. The van der Waals surface area contributed by atoms with Gasteiger partial charge in [-0.1, -0.05) is 11.6 Å². The van der Waals surface area contributed by atoms with Crippen molar-refractivity contribution in [1.29, 1.82) is 0 Å². The molecule has 0 saturated carbocycles. The predicted octanol–water partition coefficient (Wildman–Crippen LogP) is 2.13. The Balaban J connectivity index is 3.25. The van der Waals surface area contributed by atoms with Crippen molar-refractivity contribution in [1.82, 2.24) is 0 Å². The maximum atomic E-state index is 13.5. The maximum Gasteiger partial charge on any atom is 0.241 e. The maximum absolute atomic E-state index is 13.5. The molecule has 0 aliphatic carbocycles. The highest BCUT2D eigenvalue weighted by Crippen LogP contribution is 2.28. The number of ether oxygens (including phenoxy) is 1. The number of primary sulfonamides is 1. The second kappa shape index (κ2) is 5.64. The van der Waals surface area contributed by atoms with Gasteiger partial charge in [0.25, 0.3) is 0 Å². The van der Waals surface area contributed by atoms with Crippen molar-refractivity contribution in [3.8, 4) is 5.75 Å².